The van der Waals surface area contributed by atoms with Gasteiger partial charge in [-0.25, -0.2) is 8.78 Å². The zero-order valence-corrected chi connectivity index (χ0v) is 8.15. The van der Waals surface area contributed by atoms with E-state index in [1.807, 2.05) is 0 Å². The molecule has 15 heavy (non-hydrogen) atoms. The van der Waals surface area contributed by atoms with E-state index in [1.165, 1.54) is 19.2 Å². The van der Waals surface area contributed by atoms with Crippen LogP contribution in [-0.2, 0) is 0 Å². The van der Waals surface area contributed by atoms with Crippen molar-refractivity contribution >= 4 is 5.91 Å². The number of benzene rings is 1. The fraction of sp³-hybridized carbons (Fsp3) is 0.300. The van der Waals surface area contributed by atoms with Crippen LogP contribution in [0.25, 0.3) is 0 Å². The Balaban J connectivity index is 2.81. The number of carbonyl (C=O) groups is 1. The minimum absolute atomic E-state index is 0.0284. The first kappa shape index (κ1) is 11.4. The molecular formula is C10H11F2NO2. The average Bonchev–Trinajstić information content (AvgIpc) is 2.16. The van der Waals surface area contributed by atoms with Gasteiger partial charge in [0.25, 0.3) is 12.3 Å². The van der Waals surface area contributed by atoms with Crippen molar-refractivity contribution in [3.63, 3.8) is 0 Å². The number of aromatic hydroxyl groups is 1. The molecule has 0 saturated carbocycles. The van der Waals surface area contributed by atoms with Crippen LogP contribution in [0.15, 0.2) is 24.3 Å². The maximum atomic E-state index is 12.0. The highest BCUT2D eigenvalue weighted by atomic mass is 19.3. The molecule has 0 heterocycles. The van der Waals surface area contributed by atoms with Gasteiger partial charge in [0.05, 0.1) is 12.1 Å². The Bertz CT molecular complexity index is 355. The predicted molar refractivity (Wildman–Crippen MR) is 51.1 cm³/mol. The number of carbonyl (C=O) groups excluding carboxylic acids is 1. The summed E-state index contributed by atoms with van der Waals surface area (Å²) >= 11 is 0. The number of phenolic OH excluding ortho intramolecular Hbond substituents is 1. The first-order chi connectivity index (χ1) is 7.02. The number of amides is 1. The van der Waals surface area contributed by atoms with Gasteiger partial charge in [-0.05, 0) is 12.1 Å². The third-order valence-corrected chi connectivity index (χ3v) is 1.89. The Morgan fingerprint density at radius 1 is 1.47 bits per heavy atom. The minimum Gasteiger partial charge on any atom is -0.507 e. The van der Waals surface area contributed by atoms with Gasteiger partial charge < -0.3 is 10.0 Å². The van der Waals surface area contributed by atoms with Gasteiger partial charge in [0.2, 0.25) is 0 Å². The highest BCUT2D eigenvalue weighted by Crippen LogP contribution is 2.17. The second kappa shape index (κ2) is 4.72. The average molecular weight is 215 g/mol. The minimum atomic E-state index is -2.58. The van der Waals surface area contributed by atoms with Crippen molar-refractivity contribution in [1.82, 2.24) is 4.90 Å². The van der Waals surface area contributed by atoms with Crippen LogP contribution in [0.4, 0.5) is 8.78 Å². The molecule has 82 valence electrons. The number of hydrogen-bond acceptors (Lipinski definition) is 2. The van der Waals surface area contributed by atoms with Gasteiger partial charge in [-0.1, -0.05) is 12.1 Å². The van der Waals surface area contributed by atoms with Crippen LogP contribution in [0, 0.1) is 0 Å². The molecule has 0 bridgehead atoms. The van der Waals surface area contributed by atoms with Gasteiger partial charge in [0, 0.05) is 7.05 Å². The van der Waals surface area contributed by atoms with Crippen LogP contribution in [0.1, 0.15) is 10.4 Å². The highest BCUT2D eigenvalue weighted by Gasteiger charge is 2.17. The second-order valence-corrected chi connectivity index (χ2v) is 3.09. The Kier molecular flexibility index (Phi) is 3.60. The SMILES string of the molecule is CN(CC(F)F)C(=O)c1ccccc1O. The summed E-state index contributed by atoms with van der Waals surface area (Å²) < 4.78 is 24.0. The topological polar surface area (TPSA) is 40.5 Å². The van der Waals surface area contributed by atoms with Crippen LogP contribution < -0.4 is 0 Å². The van der Waals surface area contributed by atoms with E-state index < -0.39 is 18.9 Å². The maximum Gasteiger partial charge on any atom is 0.257 e. The largest absolute Gasteiger partial charge is 0.507 e. The van der Waals surface area contributed by atoms with Crippen LogP contribution in [0.3, 0.4) is 0 Å². The first-order valence-corrected chi connectivity index (χ1v) is 4.34. The van der Waals surface area contributed by atoms with Gasteiger partial charge in [0.15, 0.2) is 0 Å². The van der Waals surface area contributed by atoms with Gasteiger partial charge >= 0.3 is 0 Å². The van der Waals surface area contributed by atoms with Crippen molar-refractivity contribution in [2.75, 3.05) is 13.6 Å². The number of para-hydroxylation sites is 1. The number of hydrogen-bond donors (Lipinski definition) is 1. The van der Waals surface area contributed by atoms with E-state index in [1.54, 1.807) is 12.1 Å². The van der Waals surface area contributed by atoms with Crippen LogP contribution in [0.2, 0.25) is 0 Å². The summed E-state index contributed by atoms with van der Waals surface area (Å²) in [6, 6.07) is 5.84. The summed E-state index contributed by atoms with van der Waals surface area (Å²) in [6.45, 7) is -0.646. The highest BCUT2D eigenvalue weighted by molar-refractivity contribution is 5.96. The molecule has 0 radical (unpaired) electrons. The van der Waals surface area contributed by atoms with Crippen molar-refractivity contribution in [1.29, 1.82) is 0 Å². The zero-order valence-electron chi connectivity index (χ0n) is 8.15. The Morgan fingerprint density at radius 2 is 2.07 bits per heavy atom. The van der Waals surface area contributed by atoms with E-state index in [2.05, 4.69) is 0 Å². The Morgan fingerprint density at radius 3 is 2.60 bits per heavy atom. The normalized spacial score (nSPS) is 10.4. The van der Waals surface area contributed by atoms with Gasteiger partial charge in [-0.15, -0.1) is 0 Å². The molecule has 3 nitrogen and oxygen atoms in total. The summed E-state index contributed by atoms with van der Waals surface area (Å²) in [5, 5.41) is 9.33. The first-order valence-electron chi connectivity index (χ1n) is 4.34. The molecule has 1 aromatic rings. The molecule has 1 amide bonds. The Labute approximate surface area is 85.9 Å². The van der Waals surface area contributed by atoms with Crippen LogP contribution in [-0.4, -0.2) is 35.9 Å². The lowest BCUT2D eigenvalue weighted by Crippen LogP contribution is -2.31. The zero-order chi connectivity index (χ0) is 11.4. The molecule has 1 N–H and O–H groups in total. The lowest BCUT2D eigenvalue weighted by atomic mass is 10.2. The molecule has 0 spiro atoms. The predicted octanol–water partition coefficient (Wildman–Crippen LogP) is 1.73. The molecule has 0 aliphatic rings. The van der Waals surface area contributed by atoms with Crippen molar-refractivity contribution in [3.05, 3.63) is 29.8 Å². The van der Waals surface area contributed by atoms with Crippen molar-refractivity contribution in [3.8, 4) is 5.75 Å². The lowest BCUT2D eigenvalue weighted by Gasteiger charge is -2.16. The number of rotatable bonds is 3. The standard InChI is InChI=1S/C10H11F2NO2/c1-13(6-9(11)12)10(15)7-4-2-3-5-8(7)14/h2-5,9,14H,6H2,1H3. The molecule has 0 fully saturated rings. The summed E-state index contributed by atoms with van der Waals surface area (Å²) in [5.74, 6) is -0.822. The third kappa shape index (κ3) is 2.90. The monoisotopic (exact) mass is 215 g/mol. The number of phenols is 1. The van der Waals surface area contributed by atoms with Crippen molar-refractivity contribution in [2.45, 2.75) is 6.43 Å². The third-order valence-electron chi connectivity index (χ3n) is 1.89. The summed E-state index contributed by atoms with van der Waals surface area (Å²) in [6.07, 6.45) is -2.58. The number of alkyl halides is 2. The lowest BCUT2D eigenvalue weighted by molar-refractivity contribution is 0.0617. The molecule has 0 atom stereocenters. The molecule has 0 aromatic heterocycles. The number of nitrogens with zero attached hydrogens (tertiary/aromatic N) is 1. The van der Waals surface area contributed by atoms with Gasteiger partial charge in [0.1, 0.15) is 5.75 Å². The molecule has 5 heteroatoms. The fourth-order valence-electron chi connectivity index (χ4n) is 1.15. The van der Waals surface area contributed by atoms with Crippen molar-refractivity contribution in [2.24, 2.45) is 0 Å². The molecule has 0 saturated heterocycles. The van der Waals surface area contributed by atoms with Crippen LogP contribution in [0.5, 0.6) is 5.75 Å². The van der Waals surface area contributed by atoms with E-state index in [9.17, 15) is 18.7 Å². The molecule has 1 aromatic carbocycles. The summed E-state index contributed by atoms with van der Waals surface area (Å²) in [7, 11) is 1.26. The van der Waals surface area contributed by atoms with E-state index in [-0.39, 0.29) is 11.3 Å². The van der Waals surface area contributed by atoms with E-state index >= 15 is 0 Å². The van der Waals surface area contributed by atoms with Gasteiger partial charge in [-0.2, -0.15) is 0 Å². The molecule has 0 unspecified atom stereocenters. The maximum absolute atomic E-state index is 12.0. The second-order valence-electron chi connectivity index (χ2n) is 3.09. The summed E-state index contributed by atoms with van der Waals surface area (Å²) in [4.78, 5) is 12.4. The van der Waals surface area contributed by atoms with E-state index in [0.29, 0.717) is 0 Å². The molecule has 1 rings (SSSR count). The molecule has 0 aliphatic heterocycles. The fourth-order valence-corrected chi connectivity index (χ4v) is 1.15. The molecule has 0 aliphatic carbocycles. The van der Waals surface area contributed by atoms with Gasteiger partial charge in [-0.3, -0.25) is 4.79 Å². The quantitative estimate of drug-likeness (QED) is 0.834. The molecular weight excluding hydrogens is 204 g/mol. The van der Waals surface area contributed by atoms with E-state index in [0.717, 1.165) is 4.90 Å². The Hall–Kier alpha value is -1.65. The van der Waals surface area contributed by atoms with E-state index in [4.69, 9.17) is 0 Å². The smallest absolute Gasteiger partial charge is 0.257 e. The summed E-state index contributed by atoms with van der Waals surface area (Å²) in [5.41, 5.74) is 0.0284. The van der Waals surface area contributed by atoms with Crippen LogP contribution >= 0.6 is 0 Å². The van der Waals surface area contributed by atoms with Crippen molar-refractivity contribution < 1.29 is 18.7 Å². The number of halogens is 2.